The molecule has 0 heterocycles. The Hall–Kier alpha value is -1.09. The minimum atomic E-state index is -0.809. The maximum absolute atomic E-state index is 13.2. The van der Waals surface area contributed by atoms with Gasteiger partial charge in [0.05, 0.1) is 6.10 Å². The molecule has 2 rings (SSSR count). The van der Waals surface area contributed by atoms with Crippen LogP contribution in [0.3, 0.4) is 0 Å². The van der Waals surface area contributed by atoms with Crippen molar-refractivity contribution in [3.63, 3.8) is 0 Å². The fourth-order valence-corrected chi connectivity index (χ4v) is 2.22. The highest BCUT2D eigenvalue weighted by Crippen LogP contribution is 2.23. The Morgan fingerprint density at radius 1 is 1.06 bits per heavy atom. The van der Waals surface area contributed by atoms with Crippen LogP contribution in [-0.2, 0) is 6.42 Å². The zero-order chi connectivity index (χ0) is 13.1. The lowest BCUT2D eigenvalue weighted by Crippen LogP contribution is -2.02. The van der Waals surface area contributed by atoms with Gasteiger partial charge in [-0.15, -0.1) is 0 Å². The monoisotopic (exact) mass is 284 g/mol. The minimum absolute atomic E-state index is 0.273. The summed E-state index contributed by atoms with van der Waals surface area (Å²) >= 11 is 11.6. The van der Waals surface area contributed by atoms with E-state index in [1.165, 1.54) is 12.1 Å². The lowest BCUT2D eigenvalue weighted by Gasteiger charge is -2.12. The number of aliphatic hydroxyl groups is 1. The molecule has 0 spiro atoms. The van der Waals surface area contributed by atoms with Crippen LogP contribution in [0.25, 0.3) is 0 Å². The summed E-state index contributed by atoms with van der Waals surface area (Å²) in [6, 6.07) is 11.2. The third-order valence-corrected chi connectivity index (χ3v) is 3.04. The number of benzene rings is 2. The summed E-state index contributed by atoms with van der Waals surface area (Å²) in [4.78, 5) is 0. The molecule has 2 aromatic rings. The highest BCUT2D eigenvalue weighted by molar-refractivity contribution is 6.30. The van der Waals surface area contributed by atoms with E-state index in [2.05, 4.69) is 0 Å². The quantitative estimate of drug-likeness (QED) is 0.885. The SMILES string of the molecule is OC(Cc1cccc(Cl)c1)c1cc(F)cc(Cl)c1. The lowest BCUT2D eigenvalue weighted by molar-refractivity contribution is 0.178. The van der Waals surface area contributed by atoms with Gasteiger partial charge in [0.2, 0.25) is 0 Å². The first-order valence-corrected chi connectivity index (χ1v) is 6.18. The molecule has 0 saturated heterocycles. The fourth-order valence-electron chi connectivity index (χ4n) is 1.77. The van der Waals surface area contributed by atoms with Crippen LogP contribution in [0, 0.1) is 5.82 Å². The largest absolute Gasteiger partial charge is 0.388 e. The second kappa shape index (κ2) is 5.70. The topological polar surface area (TPSA) is 20.2 Å². The van der Waals surface area contributed by atoms with E-state index in [0.29, 0.717) is 17.0 Å². The predicted molar refractivity (Wildman–Crippen MR) is 71.5 cm³/mol. The van der Waals surface area contributed by atoms with Crippen LogP contribution >= 0.6 is 23.2 Å². The second-order valence-corrected chi connectivity index (χ2v) is 4.93. The van der Waals surface area contributed by atoms with E-state index in [9.17, 15) is 9.50 Å². The fraction of sp³-hybridized carbons (Fsp3) is 0.143. The summed E-state index contributed by atoms with van der Waals surface area (Å²) < 4.78 is 13.2. The van der Waals surface area contributed by atoms with Crippen molar-refractivity contribution in [2.75, 3.05) is 0 Å². The molecular weight excluding hydrogens is 274 g/mol. The van der Waals surface area contributed by atoms with Gasteiger partial charge >= 0.3 is 0 Å². The van der Waals surface area contributed by atoms with Crippen molar-refractivity contribution >= 4 is 23.2 Å². The number of aliphatic hydroxyl groups excluding tert-OH is 1. The molecule has 18 heavy (non-hydrogen) atoms. The van der Waals surface area contributed by atoms with Crippen molar-refractivity contribution in [2.24, 2.45) is 0 Å². The summed E-state index contributed by atoms with van der Waals surface area (Å²) in [6.07, 6.45) is -0.447. The third kappa shape index (κ3) is 3.45. The van der Waals surface area contributed by atoms with E-state index in [4.69, 9.17) is 23.2 Å². The highest BCUT2D eigenvalue weighted by Gasteiger charge is 2.11. The Morgan fingerprint density at radius 3 is 2.50 bits per heavy atom. The minimum Gasteiger partial charge on any atom is -0.388 e. The average molecular weight is 285 g/mol. The first-order chi connectivity index (χ1) is 8.54. The number of hydrogen-bond donors (Lipinski definition) is 1. The van der Waals surface area contributed by atoms with Crippen molar-refractivity contribution in [2.45, 2.75) is 12.5 Å². The molecule has 1 atom stereocenters. The molecule has 1 unspecified atom stereocenters. The molecule has 0 aliphatic rings. The van der Waals surface area contributed by atoms with Gasteiger partial charge in [0.25, 0.3) is 0 Å². The zero-order valence-electron chi connectivity index (χ0n) is 9.41. The normalized spacial score (nSPS) is 12.4. The third-order valence-electron chi connectivity index (χ3n) is 2.59. The Labute approximate surface area is 115 Å². The molecule has 0 fully saturated rings. The summed E-state index contributed by atoms with van der Waals surface area (Å²) in [5.74, 6) is -0.456. The molecule has 0 saturated carbocycles. The molecular formula is C14H11Cl2FO. The van der Waals surface area contributed by atoms with Gasteiger partial charge in [-0.1, -0.05) is 35.3 Å². The molecule has 94 valence electrons. The maximum Gasteiger partial charge on any atom is 0.125 e. The molecule has 1 N–H and O–H groups in total. The van der Waals surface area contributed by atoms with Crippen LogP contribution in [0.15, 0.2) is 42.5 Å². The average Bonchev–Trinajstić information content (AvgIpc) is 2.27. The van der Waals surface area contributed by atoms with Gasteiger partial charge in [0, 0.05) is 16.5 Å². The molecule has 0 aliphatic heterocycles. The number of hydrogen-bond acceptors (Lipinski definition) is 1. The van der Waals surface area contributed by atoms with Crippen LogP contribution in [0.4, 0.5) is 4.39 Å². The van der Waals surface area contributed by atoms with Gasteiger partial charge in [-0.2, -0.15) is 0 Å². The van der Waals surface area contributed by atoms with E-state index in [0.717, 1.165) is 5.56 Å². The highest BCUT2D eigenvalue weighted by atomic mass is 35.5. The molecule has 0 aromatic heterocycles. The zero-order valence-corrected chi connectivity index (χ0v) is 10.9. The lowest BCUT2D eigenvalue weighted by atomic mass is 10.0. The molecule has 1 nitrogen and oxygen atoms in total. The first kappa shape index (κ1) is 13.3. The Bertz CT molecular complexity index is 537. The number of rotatable bonds is 3. The Balaban J connectivity index is 2.19. The van der Waals surface area contributed by atoms with Gasteiger partial charge < -0.3 is 5.11 Å². The molecule has 0 aliphatic carbocycles. The number of halogens is 3. The van der Waals surface area contributed by atoms with Crippen molar-refractivity contribution in [3.05, 3.63) is 69.5 Å². The van der Waals surface area contributed by atoms with E-state index < -0.39 is 11.9 Å². The van der Waals surface area contributed by atoms with E-state index in [1.54, 1.807) is 18.2 Å². The molecule has 2 aromatic carbocycles. The predicted octanol–water partition coefficient (Wildman–Crippen LogP) is 4.41. The Kier molecular flexibility index (Phi) is 4.23. The van der Waals surface area contributed by atoms with Crippen LogP contribution in [0.5, 0.6) is 0 Å². The van der Waals surface area contributed by atoms with Gasteiger partial charge in [-0.25, -0.2) is 4.39 Å². The summed E-state index contributed by atoms with van der Waals surface area (Å²) in [6.45, 7) is 0. The van der Waals surface area contributed by atoms with Crippen LogP contribution in [0.2, 0.25) is 10.0 Å². The standard InChI is InChI=1S/C14H11Cl2FO/c15-11-3-1-2-9(4-11)5-14(18)10-6-12(16)8-13(17)7-10/h1-4,6-8,14,18H,5H2. The van der Waals surface area contributed by atoms with Crippen LogP contribution < -0.4 is 0 Å². The summed E-state index contributed by atoms with van der Waals surface area (Å²) in [5.41, 5.74) is 1.34. The first-order valence-electron chi connectivity index (χ1n) is 5.43. The van der Waals surface area contributed by atoms with Crippen molar-refractivity contribution in [1.82, 2.24) is 0 Å². The molecule has 0 radical (unpaired) electrons. The maximum atomic E-state index is 13.2. The van der Waals surface area contributed by atoms with Gasteiger partial charge in [-0.05, 0) is 41.5 Å². The molecule has 0 amide bonds. The van der Waals surface area contributed by atoms with Crippen molar-refractivity contribution < 1.29 is 9.50 Å². The van der Waals surface area contributed by atoms with E-state index in [1.807, 2.05) is 12.1 Å². The smallest absolute Gasteiger partial charge is 0.125 e. The summed E-state index contributed by atoms with van der Waals surface area (Å²) in [7, 11) is 0. The summed E-state index contributed by atoms with van der Waals surface area (Å²) in [5, 5.41) is 10.9. The molecule has 0 bridgehead atoms. The van der Waals surface area contributed by atoms with E-state index >= 15 is 0 Å². The van der Waals surface area contributed by atoms with Gasteiger partial charge in [-0.3, -0.25) is 0 Å². The Morgan fingerprint density at radius 2 is 1.83 bits per heavy atom. The van der Waals surface area contributed by atoms with Crippen LogP contribution in [0.1, 0.15) is 17.2 Å². The second-order valence-electron chi connectivity index (χ2n) is 4.05. The van der Waals surface area contributed by atoms with Gasteiger partial charge in [0.1, 0.15) is 5.82 Å². The van der Waals surface area contributed by atoms with Crippen molar-refractivity contribution in [1.29, 1.82) is 0 Å². The van der Waals surface area contributed by atoms with E-state index in [-0.39, 0.29) is 5.02 Å². The van der Waals surface area contributed by atoms with Crippen molar-refractivity contribution in [3.8, 4) is 0 Å². The molecule has 4 heteroatoms. The van der Waals surface area contributed by atoms with Crippen LogP contribution in [-0.4, -0.2) is 5.11 Å². The van der Waals surface area contributed by atoms with Gasteiger partial charge in [0.15, 0.2) is 0 Å².